The van der Waals surface area contributed by atoms with Crippen molar-refractivity contribution in [3.05, 3.63) is 30.1 Å². The number of aromatic nitrogens is 1. The molecule has 6 heteroatoms. The Hall–Kier alpha value is -2.11. The molecular weight excluding hydrogens is 292 g/mol. The Bertz CT molecular complexity index is 463. The molecule has 1 aromatic rings. The summed E-state index contributed by atoms with van der Waals surface area (Å²) in [5.41, 5.74) is 6.86. The van der Waals surface area contributed by atoms with Crippen LogP contribution in [0.15, 0.2) is 29.4 Å². The van der Waals surface area contributed by atoms with Gasteiger partial charge in [-0.25, -0.2) is 0 Å². The molecule has 0 amide bonds. The molecule has 0 aliphatic rings. The number of nitrogens with two attached hydrogens (primary N) is 1. The molecule has 0 radical (unpaired) electrons. The fourth-order valence-electron chi connectivity index (χ4n) is 2.13. The lowest BCUT2D eigenvalue weighted by Crippen LogP contribution is -2.33. The number of hydrogen-bond acceptors (Lipinski definition) is 4. The Labute approximate surface area is 138 Å². The van der Waals surface area contributed by atoms with Crippen LogP contribution >= 0.6 is 0 Å². The molecule has 23 heavy (non-hydrogen) atoms. The summed E-state index contributed by atoms with van der Waals surface area (Å²) in [6.07, 6.45) is 8.31. The molecule has 0 saturated heterocycles. The van der Waals surface area contributed by atoms with Gasteiger partial charge < -0.3 is 15.8 Å². The van der Waals surface area contributed by atoms with Crippen LogP contribution in [-0.4, -0.2) is 37.1 Å². The molecule has 128 valence electrons. The van der Waals surface area contributed by atoms with Gasteiger partial charge in [0.2, 0.25) is 0 Å². The van der Waals surface area contributed by atoms with Crippen molar-refractivity contribution < 1.29 is 9.53 Å². The highest BCUT2D eigenvalue weighted by Crippen LogP contribution is 2.06. The number of guanidine groups is 1. The molecule has 0 bridgehead atoms. The number of ether oxygens (including phenoxy) is 1. The van der Waals surface area contributed by atoms with E-state index in [1.54, 1.807) is 6.20 Å². The molecule has 0 unspecified atom stereocenters. The second-order valence-corrected chi connectivity index (χ2v) is 5.36. The van der Waals surface area contributed by atoms with Gasteiger partial charge >= 0.3 is 5.97 Å². The number of nitrogens with one attached hydrogen (secondary N) is 1. The maximum absolute atomic E-state index is 10.9. The molecule has 1 rings (SSSR count). The summed E-state index contributed by atoms with van der Waals surface area (Å²) in [6.45, 7) is 1.47. The van der Waals surface area contributed by atoms with Crippen molar-refractivity contribution in [1.29, 1.82) is 0 Å². The molecular formula is C17H28N4O2. The zero-order chi connectivity index (χ0) is 16.8. The predicted molar refractivity (Wildman–Crippen MR) is 92.2 cm³/mol. The number of pyridine rings is 1. The van der Waals surface area contributed by atoms with Crippen molar-refractivity contribution in [1.82, 2.24) is 10.3 Å². The maximum atomic E-state index is 10.9. The van der Waals surface area contributed by atoms with E-state index in [1.165, 1.54) is 7.11 Å². The molecule has 0 atom stereocenters. The monoisotopic (exact) mass is 320 g/mol. The minimum atomic E-state index is -0.126. The lowest BCUT2D eigenvalue weighted by molar-refractivity contribution is -0.140. The molecule has 0 fully saturated rings. The van der Waals surface area contributed by atoms with Crippen molar-refractivity contribution >= 4 is 11.9 Å². The first kappa shape index (κ1) is 18.9. The minimum absolute atomic E-state index is 0.126. The molecule has 1 heterocycles. The van der Waals surface area contributed by atoms with Crippen LogP contribution in [0.4, 0.5) is 0 Å². The zero-order valence-corrected chi connectivity index (χ0v) is 14.0. The van der Waals surface area contributed by atoms with E-state index in [9.17, 15) is 4.79 Å². The van der Waals surface area contributed by atoms with Gasteiger partial charge in [0.1, 0.15) is 0 Å². The molecule has 6 nitrogen and oxygen atoms in total. The van der Waals surface area contributed by atoms with Crippen LogP contribution < -0.4 is 11.1 Å². The maximum Gasteiger partial charge on any atom is 0.305 e. The van der Waals surface area contributed by atoms with Crippen molar-refractivity contribution in [2.45, 2.75) is 44.9 Å². The van der Waals surface area contributed by atoms with Gasteiger partial charge in [-0.1, -0.05) is 25.3 Å². The Morgan fingerprint density at radius 2 is 2.04 bits per heavy atom. The van der Waals surface area contributed by atoms with Gasteiger partial charge in [-0.05, 0) is 25.0 Å². The summed E-state index contributed by atoms with van der Waals surface area (Å²) >= 11 is 0. The van der Waals surface area contributed by atoms with E-state index in [1.807, 2.05) is 18.2 Å². The van der Waals surface area contributed by atoms with Gasteiger partial charge in [-0.15, -0.1) is 0 Å². The van der Waals surface area contributed by atoms with E-state index in [0.717, 1.165) is 57.3 Å². The molecule has 0 aromatic carbocycles. The van der Waals surface area contributed by atoms with Crippen LogP contribution in [0.25, 0.3) is 0 Å². The Morgan fingerprint density at radius 3 is 2.78 bits per heavy atom. The first-order valence-electron chi connectivity index (χ1n) is 8.23. The molecule has 0 aliphatic carbocycles. The summed E-state index contributed by atoms with van der Waals surface area (Å²) < 4.78 is 4.60. The number of carbonyl (C=O) groups is 1. The van der Waals surface area contributed by atoms with Gasteiger partial charge in [-0.3, -0.25) is 14.8 Å². The normalized spacial score (nSPS) is 11.3. The number of aliphatic imine (C=N–C) groups is 1. The first-order chi connectivity index (χ1) is 11.2. The average molecular weight is 320 g/mol. The SMILES string of the molecule is COC(=O)CCCCCCCN=C(N)NCCc1ccccn1. The van der Waals surface area contributed by atoms with Crippen LogP contribution in [0.2, 0.25) is 0 Å². The van der Waals surface area contributed by atoms with Crippen molar-refractivity contribution in [2.75, 3.05) is 20.2 Å². The number of unbranched alkanes of at least 4 members (excludes halogenated alkanes) is 4. The van der Waals surface area contributed by atoms with Crippen LogP contribution in [-0.2, 0) is 16.0 Å². The minimum Gasteiger partial charge on any atom is -0.469 e. The smallest absolute Gasteiger partial charge is 0.305 e. The third-order valence-corrected chi connectivity index (χ3v) is 3.46. The largest absolute Gasteiger partial charge is 0.469 e. The quantitative estimate of drug-likeness (QED) is 0.282. The van der Waals surface area contributed by atoms with Crippen molar-refractivity contribution in [3.8, 4) is 0 Å². The first-order valence-corrected chi connectivity index (χ1v) is 8.23. The Balaban J connectivity index is 1.96. The summed E-state index contributed by atoms with van der Waals surface area (Å²) in [6, 6.07) is 5.88. The second-order valence-electron chi connectivity index (χ2n) is 5.36. The number of carbonyl (C=O) groups excluding carboxylic acids is 1. The van der Waals surface area contributed by atoms with Crippen LogP contribution in [0.3, 0.4) is 0 Å². The second kappa shape index (κ2) is 12.4. The molecule has 0 spiro atoms. The molecule has 1 aromatic heterocycles. The summed E-state index contributed by atoms with van der Waals surface area (Å²) in [4.78, 5) is 19.5. The van der Waals surface area contributed by atoms with Crippen LogP contribution in [0, 0.1) is 0 Å². The highest BCUT2D eigenvalue weighted by atomic mass is 16.5. The topological polar surface area (TPSA) is 89.6 Å². The number of rotatable bonds is 11. The van der Waals surface area contributed by atoms with E-state index < -0.39 is 0 Å². The lowest BCUT2D eigenvalue weighted by atomic mass is 10.1. The predicted octanol–water partition coefficient (Wildman–Crippen LogP) is 2.04. The van der Waals surface area contributed by atoms with Gasteiger partial charge in [0, 0.05) is 37.8 Å². The van der Waals surface area contributed by atoms with Gasteiger partial charge in [0.25, 0.3) is 0 Å². The molecule has 0 saturated carbocycles. The number of hydrogen-bond donors (Lipinski definition) is 2. The zero-order valence-electron chi connectivity index (χ0n) is 14.0. The van der Waals surface area contributed by atoms with Crippen LogP contribution in [0.5, 0.6) is 0 Å². The van der Waals surface area contributed by atoms with Gasteiger partial charge in [0.15, 0.2) is 5.96 Å². The van der Waals surface area contributed by atoms with E-state index >= 15 is 0 Å². The van der Waals surface area contributed by atoms with E-state index in [2.05, 4.69) is 20.0 Å². The Kier molecular flexibility index (Phi) is 10.2. The Morgan fingerprint density at radius 1 is 1.26 bits per heavy atom. The molecule has 3 N–H and O–H groups in total. The third-order valence-electron chi connectivity index (χ3n) is 3.46. The summed E-state index contributed by atoms with van der Waals surface area (Å²) in [5.74, 6) is 0.366. The summed E-state index contributed by atoms with van der Waals surface area (Å²) in [5, 5.41) is 3.10. The van der Waals surface area contributed by atoms with Crippen LogP contribution in [0.1, 0.15) is 44.2 Å². The third kappa shape index (κ3) is 10.3. The van der Waals surface area contributed by atoms with E-state index in [0.29, 0.717) is 12.4 Å². The fourth-order valence-corrected chi connectivity index (χ4v) is 2.13. The van der Waals surface area contributed by atoms with E-state index in [4.69, 9.17) is 5.73 Å². The highest BCUT2D eigenvalue weighted by molar-refractivity contribution is 5.77. The molecule has 0 aliphatic heterocycles. The van der Waals surface area contributed by atoms with E-state index in [-0.39, 0.29) is 5.97 Å². The number of methoxy groups -OCH3 is 1. The standard InChI is InChI=1S/C17H28N4O2/c1-23-16(22)10-5-3-2-4-7-13-20-17(18)21-14-11-15-9-6-8-12-19-15/h6,8-9,12H,2-5,7,10-11,13-14H2,1H3,(H3,18,20,21). The fraction of sp³-hybridized carbons (Fsp3) is 0.588. The van der Waals surface area contributed by atoms with Gasteiger partial charge in [0.05, 0.1) is 7.11 Å². The van der Waals surface area contributed by atoms with Gasteiger partial charge in [-0.2, -0.15) is 0 Å². The lowest BCUT2D eigenvalue weighted by Gasteiger charge is -2.05. The summed E-state index contributed by atoms with van der Waals surface area (Å²) in [7, 11) is 1.43. The van der Waals surface area contributed by atoms with Crippen molar-refractivity contribution in [2.24, 2.45) is 10.7 Å². The van der Waals surface area contributed by atoms with Crippen molar-refractivity contribution in [3.63, 3.8) is 0 Å². The highest BCUT2D eigenvalue weighted by Gasteiger charge is 1.99. The number of esters is 1. The average Bonchev–Trinajstić information content (AvgIpc) is 2.58. The number of nitrogens with zero attached hydrogens (tertiary/aromatic N) is 2.